The van der Waals surface area contributed by atoms with Gasteiger partial charge in [-0.3, -0.25) is 4.18 Å². The molecule has 5 heteroatoms. The average Bonchev–Trinajstić information content (AvgIpc) is 2.53. The fraction of sp³-hybridized carbons (Fsp3) is 0.684. The fourth-order valence-electron chi connectivity index (χ4n) is 3.23. The van der Waals surface area contributed by atoms with Crippen molar-refractivity contribution in [3.63, 3.8) is 0 Å². The third kappa shape index (κ3) is 12.8. The van der Waals surface area contributed by atoms with Gasteiger partial charge in [0.1, 0.15) is 0 Å². The average molecular weight is 357 g/mol. The van der Waals surface area contributed by atoms with Crippen molar-refractivity contribution in [3.05, 3.63) is 35.9 Å². The van der Waals surface area contributed by atoms with Gasteiger partial charge >= 0.3 is 0 Å². The second-order valence-electron chi connectivity index (χ2n) is 7.43. The Labute approximate surface area is 153 Å². The Bertz CT molecular complexity index is 398. The molecule has 0 fully saturated rings. The van der Waals surface area contributed by atoms with Gasteiger partial charge in [0, 0.05) is 6.54 Å². The van der Waals surface area contributed by atoms with Crippen molar-refractivity contribution < 1.29 is 8.74 Å². The zero-order chi connectivity index (χ0) is 18.4. The van der Waals surface area contributed by atoms with Crippen LogP contribution in [0.2, 0.25) is 0 Å². The zero-order valence-corrected chi connectivity index (χ0v) is 16.7. The van der Waals surface area contributed by atoms with E-state index in [1.165, 1.54) is 25.5 Å². The van der Waals surface area contributed by atoms with Gasteiger partial charge in [-0.05, 0) is 48.7 Å². The van der Waals surface area contributed by atoms with E-state index in [2.05, 4.69) is 67.5 Å². The summed E-state index contributed by atoms with van der Waals surface area (Å²) in [5.41, 5.74) is 7.67. The molecule has 1 aromatic carbocycles. The lowest BCUT2D eigenvalue weighted by Crippen LogP contribution is -2.32. The summed E-state index contributed by atoms with van der Waals surface area (Å²) in [4.78, 5) is 0. The highest BCUT2D eigenvalue weighted by Crippen LogP contribution is 2.32. The largest absolute Gasteiger partial charge is 0.330 e. The van der Waals surface area contributed by atoms with Gasteiger partial charge in [0.2, 0.25) is 0 Å². The van der Waals surface area contributed by atoms with Crippen LogP contribution >= 0.6 is 12.3 Å². The smallest absolute Gasteiger partial charge is 0.155 e. The van der Waals surface area contributed by atoms with E-state index < -0.39 is 0 Å². The number of hydrogen-bond acceptors (Lipinski definition) is 5. The van der Waals surface area contributed by atoms with Gasteiger partial charge in [-0.15, -0.1) is 0 Å². The highest BCUT2D eigenvalue weighted by atomic mass is 32.2. The molecule has 24 heavy (non-hydrogen) atoms. The molecule has 1 aromatic rings. The maximum atomic E-state index is 7.57. The van der Waals surface area contributed by atoms with Crippen LogP contribution in [0.15, 0.2) is 30.3 Å². The Morgan fingerprint density at radius 1 is 1.21 bits per heavy atom. The molecular formula is C19H36N2O2S. The van der Waals surface area contributed by atoms with Crippen LogP contribution in [0.5, 0.6) is 0 Å². The number of nitrogens with one attached hydrogen (secondary N) is 1. The van der Waals surface area contributed by atoms with E-state index in [1.807, 2.05) is 0 Å². The normalized spacial score (nSPS) is 12.7. The summed E-state index contributed by atoms with van der Waals surface area (Å²) < 4.78 is 11.6. The molecule has 0 spiro atoms. The highest BCUT2D eigenvalue weighted by Gasteiger charge is 2.23. The molecule has 0 aromatic heterocycles. The maximum absolute atomic E-state index is 7.57. The number of rotatable bonds is 10. The van der Waals surface area contributed by atoms with E-state index in [0.717, 1.165) is 25.6 Å². The number of benzene rings is 1. The standard InChI is InChI=1S/C18H32N2.CH4O2S/c1-15(2)10-18(3,4)11-17(12-19)14-20-13-16-8-6-5-7-9-16;1-3-4-2/h5-9,15,17,20H,10-14,19H2,1-4H3;2H,1H3. The first-order chi connectivity index (χ1) is 11.3. The molecule has 0 aliphatic carbocycles. The van der Waals surface area contributed by atoms with Gasteiger partial charge in [-0.1, -0.05) is 58.0 Å². The third-order valence-corrected chi connectivity index (χ3v) is 3.96. The summed E-state index contributed by atoms with van der Waals surface area (Å²) in [7, 11) is 1.39. The summed E-state index contributed by atoms with van der Waals surface area (Å²) in [6, 6.07) is 10.5. The number of hydrogen-bond donors (Lipinski definition) is 3. The number of nitrogens with two attached hydrogens (primary N) is 1. The molecule has 0 aliphatic heterocycles. The van der Waals surface area contributed by atoms with Crippen molar-refractivity contribution in [3.8, 4) is 0 Å². The molecule has 1 rings (SSSR count). The molecule has 0 saturated carbocycles. The van der Waals surface area contributed by atoms with Crippen molar-refractivity contribution in [2.24, 2.45) is 23.0 Å². The lowest BCUT2D eigenvalue weighted by molar-refractivity contribution is 0.218. The Morgan fingerprint density at radius 3 is 2.25 bits per heavy atom. The van der Waals surface area contributed by atoms with Gasteiger partial charge in [-0.2, -0.15) is 0 Å². The first kappa shape index (κ1) is 23.4. The van der Waals surface area contributed by atoms with Crippen molar-refractivity contribution in [1.29, 1.82) is 0 Å². The molecule has 1 atom stereocenters. The third-order valence-electron chi connectivity index (χ3n) is 3.81. The molecule has 0 amide bonds. The van der Waals surface area contributed by atoms with Gasteiger partial charge in [0.15, 0.2) is 12.3 Å². The maximum Gasteiger partial charge on any atom is 0.155 e. The highest BCUT2D eigenvalue weighted by molar-refractivity contribution is 7.88. The predicted molar refractivity (Wildman–Crippen MR) is 106 cm³/mol. The fourth-order valence-corrected chi connectivity index (χ4v) is 3.23. The minimum absolute atomic E-state index is 0.356. The van der Waals surface area contributed by atoms with Crippen LogP contribution in [-0.4, -0.2) is 24.8 Å². The van der Waals surface area contributed by atoms with Crippen molar-refractivity contribution >= 4 is 12.3 Å². The van der Waals surface area contributed by atoms with Gasteiger partial charge < -0.3 is 15.6 Å². The Kier molecular flexibility index (Phi) is 13.3. The topological polar surface area (TPSA) is 67.5 Å². The van der Waals surface area contributed by atoms with Crippen LogP contribution in [0, 0.1) is 17.3 Å². The second-order valence-corrected chi connectivity index (χ2v) is 7.91. The Balaban J connectivity index is 0.00000118. The van der Waals surface area contributed by atoms with E-state index in [9.17, 15) is 0 Å². The zero-order valence-electron chi connectivity index (χ0n) is 15.9. The molecule has 0 radical (unpaired) electrons. The monoisotopic (exact) mass is 356 g/mol. The first-order valence-electron chi connectivity index (χ1n) is 8.63. The lowest BCUT2D eigenvalue weighted by atomic mass is 9.77. The van der Waals surface area contributed by atoms with E-state index in [4.69, 9.17) is 10.3 Å². The molecule has 0 aliphatic rings. The van der Waals surface area contributed by atoms with Crippen LogP contribution in [-0.2, 0) is 10.7 Å². The van der Waals surface area contributed by atoms with Crippen molar-refractivity contribution in [2.75, 3.05) is 20.2 Å². The van der Waals surface area contributed by atoms with Gasteiger partial charge in [0.25, 0.3) is 0 Å². The van der Waals surface area contributed by atoms with Crippen LogP contribution in [0.4, 0.5) is 0 Å². The molecule has 140 valence electrons. The lowest BCUT2D eigenvalue weighted by Gasteiger charge is -2.31. The molecule has 4 nitrogen and oxygen atoms in total. The Hall–Kier alpha value is -0.590. The van der Waals surface area contributed by atoms with Gasteiger partial charge in [-0.25, -0.2) is 0 Å². The second kappa shape index (κ2) is 13.7. The minimum Gasteiger partial charge on any atom is -0.330 e. The van der Waals surface area contributed by atoms with E-state index in [1.54, 1.807) is 0 Å². The van der Waals surface area contributed by atoms with Crippen LogP contribution in [0.25, 0.3) is 0 Å². The summed E-state index contributed by atoms with van der Waals surface area (Å²) in [5.74, 6) is 1.31. The SMILES string of the molecule is CC(C)CC(C)(C)CC(CN)CNCc1ccccc1.COSO. The van der Waals surface area contributed by atoms with Crippen LogP contribution in [0.3, 0.4) is 0 Å². The molecule has 1 unspecified atom stereocenters. The summed E-state index contributed by atoms with van der Waals surface area (Å²) in [6.07, 6.45) is 2.46. The van der Waals surface area contributed by atoms with Crippen LogP contribution < -0.4 is 11.1 Å². The quantitative estimate of drug-likeness (QED) is 0.536. The Morgan fingerprint density at radius 2 is 1.79 bits per heavy atom. The molecule has 0 heterocycles. The van der Waals surface area contributed by atoms with Gasteiger partial charge in [0.05, 0.1) is 7.11 Å². The van der Waals surface area contributed by atoms with E-state index >= 15 is 0 Å². The van der Waals surface area contributed by atoms with Crippen molar-refractivity contribution in [2.45, 2.75) is 47.1 Å². The van der Waals surface area contributed by atoms with Crippen LogP contribution in [0.1, 0.15) is 46.1 Å². The summed E-state index contributed by atoms with van der Waals surface area (Å²) in [5, 5.41) is 3.55. The predicted octanol–water partition coefficient (Wildman–Crippen LogP) is 4.57. The molecule has 4 N–H and O–H groups in total. The summed E-state index contributed by atoms with van der Waals surface area (Å²) >= 11 is 0.356. The molecule has 0 bridgehead atoms. The van der Waals surface area contributed by atoms with Crippen molar-refractivity contribution in [1.82, 2.24) is 5.32 Å². The van der Waals surface area contributed by atoms with E-state index in [-0.39, 0.29) is 0 Å². The summed E-state index contributed by atoms with van der Waals surface area (Å²) in [6.45, 7) is 12.0. The minimum atomic E-state index is 0.356. The van der Waals surface area contributed by atoms with E-state index in [0.29, 0.717) is 23.7 Å². The molecule has 0 saturated heterocycles. The first-order valence-corrected chi connectivity index (χ1v) is 9.33. The molecular weight excluding hydrogens is 320 g/mol.